The van der Waals surface area contributed by atoms with Crippen molar-refractivity contribution in [2.45, 2.75) is 46.2 Å². The van der Waals surface area contributed by atoms with Crippen molar-refractivity contribution >= 4 is 5.69 Å². The van der Waals surface area contributed by atoms with Crippen LogP contribution >= 0.6 is 0 Å². The summed E-state index contributed by atoms with van der Waals surface area (Å²) in [6.07, 6.45) is 2.34. The summed E-state index contributed by atoms with van der Waals surface area (Å²) in [6, 6.07) is 6.98. The fourth-order valence-electron chi connectivity index (χ4n) is 3.15. The number of rotatable bonds is 6. The van der Waals surface area contributed by atoms with Crippen molar-refractivity contribution in [2.24, 2.45) is 5.92 Å². The monoisotopic (exact) mass is 276 g/mol. The Hall–Kier alpha value is -1.06. The number of aliphatic hydroxyl groups is 1. The highest BCUT2D eigenvalue weighted by atomic mass is 16.3. The molecule has 1 saturated heterocycles. The lowest BCUT2D eigenvalue weighted by molar-refractivity contribution is 0.244. The van der Waals surface area contributed by atoms with Gasteiger partial charge in [-0.25, -0.2) is 0 Å². The first-order chi connectivity index (χ1) is 9.67. The summed E-state index contributed by atoms with van der Waals surface area (Å²) in [5.74, 6) is 0.574. The molecule has 1 fully saturated rings. The zero-order valence-corrected chi connectivity index (χ0v) is 13.0. The second kappa shape index (κ2) is 7.09. The molecular formula is C17H28N2O. The van der Waals surface area contributed by atoms with Crippen LogP contribution < -0.4 is 10.2 Å². The van der Waals surface area contributed by atoms with Gasteiger partial charge < -0.3 is 15.3 Å². The van der Waals surface area contributed by atoms with Crippen molar-refractivity contribution < 1.29 is 5.11 Å². The zero-order chi connectivity index (χ0) is 14.5. The van der Waals surface area contributed by atoms with E-state index in [1.54, 1.807) is 0 Å². The van der Waals surface area contributed by atoms with Gasteiger partial charge in [-0.15, -0.1) is 0 Å². The summed E-state index contributed by atoms with van der Waals surface area (Å²) in [7, 11) is 0. The van der Waals surface area contributed by atoms with Gasteiger partial charge in [-0.3, -0.25) is 0 Å². The van der Waals surface area contributed by atoms with Crippen LogP contribution in [0.15, 0.2) is 18.2 Å². The van der Waals surface area contributed by atoms with Gasteiger partial charge in [0.1, 0.15) is 0 Å². The van der Waals surface area contributed by atoms with E-state index in [9.17, 15) is 5.11 Å². The Kier molecular flexibility index (Phi) is 5.44. The minimum Gasteiger partial charge on any atom is -0.394 e. The molecule has 2 atom stereocenters. The van der Waals surface area contributed by atoms with E-state index in [2.05, 4.69) is 49.2 Å². The van der Waals surface area contributed by atoms with Gasteiger partial charge in [0.15, 0.2) is 0 Å². The Morgan fingerprint density at radius 3 is 2.85 bits per heavy atom. The molecule has 0 aliphatic carbocycles. The predicted octanol–water partition coefficient (Wildman–Crippen LogP) is 2.70. The molecule has 1 heterocycles. The predicted molar refractivity (Wildman–Crippen MR) is 85.2 cm³/mol. The molecular weight excluding hydrogens is 248 g/mol. The molecule has 3 nitrogen and oxygen atoms in total. The van der Waals surface area contributed by atoms with Gasteiger partial charge >= 0.3 is 0 Å². The van der Waals surface area contributed by atoms with E-state index in [0.29, 0.717) is 5.92 Å². The lowest BCUT2D eigenvalue weighted by Crippen LogP contribution is -2.35. The fourth-order valence-corrected chi connectivity index (χ4v) is 3.15. The second-order valence-corrected chi connectivity index (χ2v) is 6.01. The maximum atomic E-state index is 9.61. The van der Waals surface area contributed by atoms with Crippen LogP contribution in [-0.2, 0) is 6.54 Å². The van der Waals surface area contributed by atoms with Crippen LogP contribution in [0.1, 0.15) is 37.8 Å². The number of anilines is 1. The highest BCUT2D eigenvalue weighted by molar-refractivity contribution is 5.56. The van der Waals surface area contributed by atoms with Crippen molar-refractivity contribution in [3.8, 4) is 0 Å². The van der Waals surface area contributed by atoms with Gasteiger partial charge in [0.2, 0.25) is 0 Å². The Bertz CT molecular complexity index is 433. The highest BCUT2D eigenvalue weighted by Gasteiger charge is 2.31. The summed E-state index contributed by atoms with van der Waals surface area (Å²) in [6.45, 7) is 9.91. The Balaban J connectivity index is 2.09. The Labute approximate surface area is 123 Å². The molecule has 0 saturated carbocycles. The third-order valence-electron chi connectivity index (χ3n) is 4.40. The van der Waals surface area contributed by atoms with Crippen LogP contribution in [0.25, 0.3) is 0 Å². The lowest BCUT2D eigenvalue weighted by atomic mass is 10.0. The molecule has 2 unspecified atom stereocenters. The van der Waals surface area contributed by atoms with E-state index in [-0.39, 0.29) is 12.6 Å². The van der Waals surface area contributed by atoms with Crippen molar-refractivity contribution in [1.82, 2.24) is 5.32 Å². The molecule has 0 bridgehead atoms. The smallest absolute Gasteiger partial charge is 0.0637 e. The maximum Gasteiger partial charge on any atom is 0.0637 e. The van der Waals surface area contributed by atoms with Crippen LogP contribution in [0.2, 0.25) is 0 Å². The molecule has 2 rings (SSSR count). The van der Waals surface area contributed by atoms with Crippen molar-refractivity contribution in [1.29, 1.82) is 0 Å². The molecule has 20 heavy (non-hydrogen) atoms. The van der Waals surface area contributed by atoms with Gasteiger partial charge in [0.25, 0.3) is 0 Å². The van der Waals surface area contributed by atoms with Crippen LogP contribution in [0, 0.1) is 12.8 Å². The first-order valence-corrected chi connectivity index (χ1v) is 7.85. The first kappa shape index (κ1) is 15.3. The van der Waals surface area contributed by atoms with Gasteiger partial charge in [-0.05, 0) is 49.4 Å². The molecule has 0 aromatic heterocycles. The first-order valence-electron chi connectivity index (χ1n) is 7.85. The van der Waals surface area contributed by atoms with Crippen LogP contribution in [0.3, 0.4) is 0 Å². The van der Waals surface area contributed by atoms with E-state index in [4.69, 9.17) is 0 Å². The van der Waals surface area contributed by atoms with Gasteiger partial charge in [0.05, 0.1) is 12.6 Å². The third-order valence-corrected chi connectivity index (χ3v) is 4.40. The van der Waals surface area contributed by atoms with E-state index in [1.165, 1.54) is 29.7 Å². The maximum absolute atomic E-state index is 9.61. The molecule has 3 heteroatoms. The molecule has 1 aromatic rings. The van der Waals surface area contributed by atoms with Crippen LogP contribution in [-0.4, -0.2) is 30.8 Å². The molecule has 112 valence electrons. The average molecular weight is 276 g/mol. The molecule has 0 radical (unpaired) electrons. The SMILES string of the molecule is CCCNCc1ccc(N2CCC(C)C2CO)c(C)c1. The summed E-state index contributed by atoms with van der Waals surface area (Å²) in [5.41, 5.74) is 3.94. The van der Waals surface area contributed by atoms with E-state index >= 15 is 0 Å². The number of hydrogen-bond donors (Lipinski definition) is 2. The lowest BCUT2D eigenvalue weighted by Gasteiger charge is -2.29. The van der Waals surface area contributed by atoms with Gasteiger partial charge in [-0.1, -0.05) is 26.0 Å². The minimum atomic E-state index is 0.250. The highest BCUT2D eigenvalue weighted by Crippen LogP contribution is 2.31. The van der Waals surface area contributed by atoms with Crippen LogP contribution in [0.4, 0.5) is 5.69 Å². The Morgan fingerprint density at radius 2 is 2.20 bits per heavy atom. The van der Waals surface area contributed by atoms with Crippen molar-refractivity contribution in [3.63, 3.8) is 0 Å². The van der Waals surface area contributed by atoms with Crippen molar-refractivity contribution in [3.05, 3.63) is 29.3 Å². The fraction of sp³-hybridized carbons (Fsp3) is 0.647. The summed E-state index contributed by atoms with van der Waals surface area (Å²) in [4.78, 5) is 2.38. The molecule has 0 amide bonds. The quantitative estimate of drug-likeness (QED) is 0.784. The zero-order valence-electron chi connectivity index (χ0n) is 13.0. The second-order valence-electron chi connectivity index (χ2n) is 6.01. The largest absolute Gasteiger partial charge is 0.394 e. The van der Waals surface area contributed by atoms with E-state index in [1.807, 2.05) is 0 Å². The van der Waals surface area contributed by atoms with Crippen LogP contribution in [0.5, 0.6) is 0 Å². The van der Waals surface area contributed by atoms with E-state index < -0.39 is 0 Å². The van der Waals surface area contributed by atoms with E-state index in [0.717, 1.165) is 19.6 Å². The average Bonchev–Trinajstić information content (AvgIpc) is 2.80. The number of hydrogen-bond acceptors (Lipinski definition) is 3. The number of aliphatic hydroxyl groups excluding tert-OH is 1. The van der Waals surface area contributed by atoms with Crippen molar-refractivity contribution in [2.75, 3.05) is 24.6 Å². The topological polar surface area (TPSA) is 35.5 Å². The minimum absolute atomic E-state index is 0.250. The molecule has 1 aromatic carbocycles. The standard InChI is InChI=1S/C17H28N2O/c1-4-8-18-11-15-5-6-16(14(3)10-15)19-9-7-13(2)17(19)12-20/h5-6,10,13,17-18,20H,4,7-9,11-12H2,1-3H3. The molecule has 2 N–H and O–H groups in total. The third kappa shape index (κ3) is 3.33. The molecule has 0 spiro atoms. The molecule has 1 aliphatic heterocycles. The van der Waals surface area contributed by atoms with Gasteiger partial charge in [0, 0.05) is 18.8 Å². The summed E-state index contributed by atoms with van der Waals surface area (Å²) in [5, 5.41) is 13.0. The summed E-state index contributed by atoms with van der Waals surface area (Å²) >= 11 is 0. The number of benzene rings is 1. The number of nitrogens with zero attached hydrogens (tertiary/aromatic N) is 1. The number of aryl methyl sites for hydroxylation is 1. The number of nitrogens with one attached hydrogen (secondary N) is 1. The summed E-state index contributed by atoms with van der Waals surface area (Å²) < 4.78 is 0. The van der Waals surface area contributed by atoms with Gasteiger partial charge in [-0.2, -0.15) is 0 Å². The Morgan fingerprint density at radius 1 is 1.40 bits per heavy atom. The normalized spacial score (nSPS) is 22.5. The molecule has 1 aliphatic rings.